The summed E-state index contributed by atoms with van der Waals surface area (Å²) in [6, 6.07) is 17.2. The number of nitrogens with one attached hydrogen (secondary N) is 1. The van der Waals surface area contributed by atoms with Gasteiger partial charge in [0.1, 0.15) is 0 Å². The Morgan fingerprint density at radius 3 is 2.26 bits per heavy atom. The van der Waals surface area contributed by atoms with Gasteiger partial charge in [0.05, 0.1) is 6.61 Å². The lowest BCUT2D eigenvalue weighted by atomic mass is 9.98. The van der Waals surface area contributed by atoms with Crippen LogP contribution in [0.5, 0.6) is 0 Å². The van der Waals surface area contributed by atoms with Crippen LogP contribution in [0.25, 0.3) is 11.6 Å². The largest absolute Gasteiger partial charge is 0.395 e. The summed E-state index contributed by atoms with van der Waals surface area (Å²) in [5, 5.41) is 12.7. The zero-order valence-corrected chi connectivity index (χ0v) is 15.9. The molecule has 2 N–H and O–H groups in total. The van der Waals surface area contributed by atoms with Crippen LogP contribution in [0.1, 0.15) is 24.0 Å². The molecule has 2 aliphatic rings. The second-order valence-electron chi connectivity index (χ2n) is 7.44. The lowest BCUT2D eigenvalue weighted by Gasteiger charge is -2.34. The Balaban J connectivity index is 1.41. The van der Waals surface area contributed by atoms with Gasteiger partial charge < -0.3 is 15.3 Å². The van der Waals surface area contributed by atoms with Crippen molar-refractivity contribution in [2.45, 2.75) is 12.8 Å². The van der Waals surface area contributed by atoms with Gasteiger partial charge in [0.15, 0.2) is 0 Å². The number of piperazine rings is 1. The second kappa shape index (κ2) is 8.70. The number of aliphatic hydroxyl groups is 1. The summed E-state index contributed by atoms with van der Waals surface area (Å²) in [4.78, 5) is 4.91. The number of aliphatic hydroxyl groups excluding tert-OH is 1. The molecule has 2 heterocycles. The first-order valence-electron chi connectivity index (χ1n) is 10.0. The highest BCUT2D eigenvalue weighted by Gasteiger charge is 2.17. The minimum atomic E-state index is 0.267. The summed E-state index contributed by atoms with van der Waals surface area (Å²) in [6.07, 6.45) is 4.61. The van der Waals surface area contributed by atoms with Gasteiger partial charge in [0, 0.05) is 49.7 Å². The van der Waals surface area contributed by atoms with Crippen LogP contribution in [0, 0.1) is 0 Å². The van der Waals surface area contributed by atoms with Gasteiger partial charge in [-0.1, -0.05) is 36.4 Å². The number of allylic oxidation sites excluding steroid dienone is 1. The first kappa shape index (κ1) is 18.2. The number of β-amino-alcohol motifs (C(OH)–C–C–N with tert-alkyl or cyclic N) is 1. The van der Waals surface area contributed by atoms with Gasteiger partial charge >= 0.3 is 0 Å². The van der Waals surface area contributed by atoms with Crippen molar-refractivity contribution in [1.82, 2.24) is 9.80 Å². The average Bonchev–Trinajstić information content (AvgIpc) is 2.86. The van der Waals surface area contributed by atoms with Crippen LogP contribution in [0.4, 0.5) is 11.4 Å². The number of rotatable bonds is 6. The van der Waals surface area contributed by atoms with E-state index in [-0.39, 0.29) is 6.61 Å². The molecule has 1 fully saturated rings. The maximum Gasteiger partial charge on any atom is 0.0558 e. The van der Waals surface area contributed by atoms with E-state index in [4.69, 9.17) is 5.11 Å². The van der Waals surface area contributed by atoms with Crippen LogP contribution in [0.2, 0.25) is 0 Å². The zero-order valence-electron chi connectivity index (χ0n) is 15.9. The highest BCUT2D eigenvalue weighted by Crippen LogP contribution is 2.36. The van der Waals surface area contributed by atoms with E-state index >= 15 is 0 Å². The Bertz CT molecular complexity index is 794. The molecule has 0 unspecified atom stereocenters. The Morgan fingerprint density at radius 1 is 0.815 bits per heavy atom. The number of hydrogen-bond donors (Lipinski definition) is 2. The van der Waals surface area contributed by atoms with Gasteiger partial charge in [-0.25, -0.2) is 0 Å². The molecule has 0 spiro atoms. The van der Waals surface area contributed by atoms with Crippen molar-refractivity contribution in [2.24, 2.45) is 0 Å². The van der Waals surface area contributed by atoms with E-state index in [1.54, 1.807) is 0 Å². The normalized spacial score (nSPS) is 17.4. The van der Waals surface area contributed by atoms with Crippen molar-refractivity contribution in [3.63, 3.8) is 0 Å². The third-order valence-corrected chi connectivity index (χ3v) is 5.63. The van der Waals surface area contributed by atoms with Crippen molar-refractivity contribution in [3.8, 4) is 0 Å². The van der Waals surface area contributed by atoms with Gasteiger partial charge in [-0.15, -0.1) is 0 Å². The summed E-state index contributed by atoms with van der Waals surface area (Å²) in [5.41, 5.74) is 6.39. The number of fused-ring (bicyclic) bond motifs is 2. The molecule has 4 heteroatoms. The summed E-state index contributed by atoms with van der Waals surface area (Å²) < 4.78 is 0. The van der Waals surface area contributed by atoms with Gasteiger partial charge in [0.2, 0.25) is 0 Å². The predicted molar refractivity (Wildman–Crippen MR) is 113 cm³/mol. The molecule has 2 aromatic carbocycles. The van der Waals surface area contributed by atoms with Crippen LogP contribution in [-0.4, -0.2) is 60.8 Å². The molecule has 0 saturated carbocycles. The van der Waals surface area contributed by atoms with E-state index in [1.165, 1.54) is 34.5 Å². The molecule has 4 nitrogen and oxygen atoms in total. The van der Waals surface area contributed by atoms with Gasteiger partial charge in [-0.3, -0.25) is 4.90 Å². The number of hydrogen-bond acceptors (Lipinski definition) is 4. The number of benzene rings is 2. The van der Waals surface area contributed by atoms with Crippen molar-refractivity contribution in [2.75, 3.05) is 51.2 Å². The van der Waals surface area contributed by atoms with E-state index in [0.29, 0.717) is 0 Å². The first-order valence-corrected chi connectivity index (χ1v) is 10.0. The van der Waals surface area contributed by atoms with E-state index in [9.17, 15) is 0 Å². The molecule has 0 atom stereocenters. The lowest BCUT2D eigenvalue weighted by Crippen LogP contribution is -2.47. The number of anilines is 2. The summed E-state index contributed by atoms with van der Waals surface area (Å²) in [7, 11) is 0. The van der Waals surface area contributed by atoms with E-state index in [2.05, 4.69) is 69.7 Å². The SMILES string of the molecule is OCCN1CCN(CCCC2=Cc3ccccc3Nc3ccccc32)CC1. The van der Waals surface area contributed by atoms with E-state index in [0.717, 1.165) is 45.7 Å². The monoisotopic (exact) mass is 363 g/mol. The fraction of sp³-hybridized carbons (Fsp3) is 0.391. The molecule has 2 aromatic rings. The highest BCUT2D eigenvalue weighted by atomic mass is 16.3. The summed E-state index contributed by atoms with van der Waals surface area (Å²) in [6.45, 7) is 6.58. The zero-order chi connectivity index (χ0) is 18.5. The Labute approximate surface area is 162 Å². The molecule has 0 bridgehead atoms. The summed E-state index contributed by atoms with van der Waals surface area (Å²) >= 11 is 0. The molecular weight excluding hydrogens is 334 g/mol. The van der Waals surface area contributed by atoms with Gasteiger partial charge in [-0.2, -0.15) is 0 Å². The van der Waals surface area contributed by atoms with Crippen molar-refractivity contribution < 1.29 is 5.11 Å². The topological polar surface area (TPSA) is 38.7 Å². The molecule has 2 aliphatic heterocycles. The molecule has 0 aliphatic carbocycles. The number of nitrogens with zero attached hydrogens (tertiary/aromatic N) is 2. The quantitative estimate of drug-likeness (QED) is 0.821. The van der Waals surface area contributed by atoms with Crippen LogP contribution in [-0.2, 0) is 0 Å². The fourth-order valence-corrected chi connectivity index (χ4v) is 4.10. The number of para-hydroxylation sites is 2. The minimum absolute atomic E-state index is 0.267. The molecule has 0 aromatic heterocycles. The van der Waals surface area contributed by atoms with Crippen LogP contribution < -0.4 is 5.32 Å². The van der Waals surface area contributed by atoms with E-state index in [1.807, 2.05) is 0 Å². The maximum atomic E-state index is 9.08. The highest BCUT2D eigenvalue weighted by molar-refractivity contribution is 5.94. The molecule has 0 amide bonds. The standard InChI is InChI=1S/C23H29N3O/c27-17-16-26-14-12-25(13-15-26)11-5-7-19-18-20-6-1-3-9-22(20)24-23-10-4-2-8-21(19)23/h1-4,6,8-10,18,24,27H,5,7,11-17H2. The molecule has 4 rings (SSSR count). The Kier molecular flexibility index (Phi) is 5.87. The van der Waals surface area contributed by atoms with Gasteiger partial charge in [0.25, 0.3) is 0 Å². The average molecular weight is 364 g/mol. The molecule has 27 heavy (non-hydrogen) atoms. The fourth-order valence-electron chi connectivity index (χ4n) is 4.10. The van der Waals surface area contributed by atoms with Crippen LogP contribution in [0.3, 0.4) is 0 Å². The maximum absolute atomic E-state index is 9.08. The lowest BCUT2D eigenvalue weighted by molar-refractivity contribution is 0.112. The molecule has 1 saturated heterocycles. The van der Waals surface area contributed by atoms with E-state index < -0.39 is 0 Å². The van der Waals surface area contributed by atoms with Crippen molar-refractivity contribution in [1.29, 1.82) is 0 Å². The van der Waals surface area contributed by atoms with Crippen molar-refractivity contribution >= 4 is 23.0 Å². The van der Waals surface area contributed by atoms with Crippen LogP contribution in [0.15, 0.2) is 48.5 Å². The van der Waals surface area contributed by atoms with Crippen molar-refractivity contribution in [3.05, 3.63) is 59.7 Å². The van der Waals surface area contributed by atoms with Crippen LogP contribution >= 0.6 is 0 Å². The minimum Gasteiger partial charge on any atom is -0.395 e. The summed E-state index contributed by atoms with van der Waals surface area (Å²) in [5.74, 6) is 0. The molecule has 142 valence electrons. The van der Waals surface area contributed by atoms with Gasteiger partial charge in [-0.05, 0) is 48.7 Å². The second-order valence-corrected chi connectivity index (χ2v) is 7.44. The molecular formula is C23H29N3O. The predicted octanol–water partition coefficient (Wildman–Crippen LogP) is 3.67. The third kappa shape index (κ3) is 4.41. The Morgan fingerprint density at radius 2 is 1.48 bits per heavy atom. The molecule has 0 radical (unpaired) electrons. The third-order valence-electron chi connectivity index (χ3n) is 5.63. The Hall–Kier alpha value is -2.14. The first-order chi connectivity index (χ1) is 13.3. The smallest absolute Gasteiger partial charge is 0.0558 e.